The predicted molar refractivity (Wildman–Crippen MR) is 39.5 cm³/mol. The third-order valence-corrected chi connectivity index (χ3v) is 1.12. The molecule has 0 aromatic carbocycles. The number of hydrogen-bond donors (Lipinski definition) is 0. The standard InChI is InChI=1S/C6H8O.C2H6/c1-5-3-4-7-6(5)2;1-2/h3-4H,1-2H3;1-2H3. The zero-order chi connectivity index (χ0) is 7.28. The fourth-order valence-electron chi connectivity index (χ4n) is 0.448. The van der Waals surface area contributed by atoms with Crippen molar-refractivity contribution in [2.45, 2.75) is 27.7 Å². The molecule has 9 heavy (non-hydrogen) atoms. The third-order valence-electron chi connectivity index (χ3n) is 1.12. The van der Waals surface area contributed by atoms with Crippen LogP contribution in [0.25, 0.3) is 0 Å². The maximum absolute atomic E-state index is 4.96. The van der Waals surface area contributed by atoms with Gasteiger partial charge in [0.1, 0.15) is 5.76 Å². The largest absolute Gasteiger partial charge is 0.469 e. The Labute approximate surface area is 56.7 Å². The molecule has 1 aromatic heterocycles. The molecule has 52 valence electrons. The Morgan fingerprint density at radius 1 is 1.22 bits per heavy atom. The van der Waals surface area contributed by atoms with Crippen LogP contribution in [0.5, 0.6) is 0 Å². The third kappa shape index (κ3) is 2.36. The number of furan rings is 1. The fraction of sp³-hybridized carbons (Fsp3) is 0.500. The molecule has 1 rings (SSSR count). The summed E-state index contributed by atoms with van der Waals surface area (Å²) in [6.07, 6.45) is 1.70. The molecule has 0 atom stereocenters. The first-order chi connectivity index (χ1) is 4.30. The molecular formula is C8H14O. The van der Waals surface area contributed by atoms with Gasteiger partial charge in [-0.15, -0.1) is 0 Å². The number of hydrogen-bond acceptors (Lipinski definition) is 1. The maximum Gasteiger partial charge on any atom is 0.103 e. The topological polar surface area (TPSA) is 13.1 Å². The van der Waals surface area contributed by atoms with Crippen molar-refractivity contribution in [1.82, 2.24) is 0 Å². The molecule has 0 amide bonds. The predicted octanol–water partition coefficient (Wildman–Crippen LogP) is 2.92. The first-order valence-electron chi connectivity index (χ1n) is 3.31. The highest BCUT2D eigenvalue weighted by Crippen LogP contribution is 2.04. The van der Waals surface area contributed by atoms with Crippen molar-refractivity contribution in [3.63, 3.8) is 0 Å². The lowest BCUT2D eigenvalue weighted by molar-refractivity contribution is 0.532. The summed E-state index contributed by atoms with van der Waals surface area (Å²) in [6.45, 7) is 7.98. The minimum atomic E-state index is 1.01. The minimum absolute atomic E-state index is 1.01. The van der Waals surface area contributed by atoms with Gasteiger partial charge in [0.15, 0.2) is 0 Å². The van der Waals surface area contributed by atoms with E-state index in [1.54, 1.807) is 6.26 Å². The van der Waals surface area contributed by atoms with Crippen molar-refractivity contribution < 1.29 is 4.42 Å². The molecule has 1 nitrogen and oxygen atoms in total. The Balaban J connectivity index is 0.000000291. The van der Waals surface area contributed by atoms with Crippen molar-refractivity contribution in [1.29, 1.82) is 0 Å². The molecule has 0 fully saturated rings. The smallest absolute Gasteiger partial charge is 0.103 e. The van der Waals surface area contributed by atoms with Crippen molar-refractivity contribution >= 4 is 0 Å². The van der Waals surface area contributed by atoms with E-state index < -0.39 is 0 Å². The molecule has 0 unspecified atom stereocenters. The van der Waals surface area contributed by atoms with Crippen molar-refractivity contribution in [3.05, 3.63) is 23.7 Å². The van der Waals surface area contributed by atoms with Crippen LogP contribution in [0.3, 0.4) is 0 Å². The van der Waals surface area contributed by atoms with E-state index in [0.29, 0.717) is 0 Å². The SMILES string of the molecule is CC.Cc1ccoc1C. The summed E-state index contributed by atoms with van der Waals surface area (Å²) in [5.74, 6) is 1.01. The second-order valence-corrected chi connectivity index (χ2v) is 1.66. The average Bonchev–Trinajstić information content (AvgIpc) is 2.23. The molecular weight excluding hydrogens is 112 g/mol. The van der Waals surface area contributed by atoms with Gasteiger partial charge in [-0.25, -0.2) is 0 Å². The maximum atomic E-state index is 4.96. The van der Waals surface area contributed by atoms with Crippen LogP contribution < -0.4 is 0 Å². The number of aryl methyl sites for hydroxylation is 2. The van der Waals surface area contributed by atoms with Gasteiger partial charge in [-0.2, -0.15) is 0 Å². The first kappa shape index (κ1) is 8.28. The Bertz CT molecular complexity index is 137. The Hall–Kier alpha value is -0.720. The van der Waals surface area contributed by atoms with Gasteiger partial charge in [0, 0.05) is 0 Å². The van der Waals surface area contributed by atoms with E-state index in [9.17, 15) is 0 Å². The van der Waals surface area contributed by atoms with Gasteiger partial charge in [0.25, 0.3) is 0 Å². The zero-order valence-corrected chi connectivity index (χ0v) is 6.56. The van der Waals surface area contributed by atoms with Gasteiger partial charge in [-0.05, 0) is 25.5 Å². The lowest BCUT2D eigenvalue weighted by Crippen LogP contribution is -1.63. The fourth-order valence-corrected chi connectivity index (χ4v) is 0.448. The molecule has 0 radical (unpaired) electrons. The van der Waals surface area contributed by atoms with Crippen LogP contribution in [0.15, 0.2) is 16.7 Å². The lowest BCUT2D eigenvalue weighted by atomic mass is 10.3. The monoisotopic (exact) mass is 126 g/mol. The highest BCUT2D eigenvalue weighted by atomic mass is 16.3. The zero-order valence-electron chi connectivity index (χ0n) is 6.56. The molecule has 1 aromatic rings. The Kier molecular flexibility index (Phi) is 3.85. The summed E-state index contributed by atoms with van der Waals surface area (Å²) < 4.78 is 4.96. The van der Waals surface area contributed by atoms with Gasteiger partial charge in [-0.3, -0.25) is 0 Å². The average molecular weight is 126 g/mol. The van der Waals surface area contributed by atoms with Crippen LogP contribution in [0, 0.1) is 13.8 Å². The molecule has 1 heterocycles. The van der Waals surface area contributed by atoms with E-state index in [2.05, 4.69) is 0 Å². The van der Waals surface area contributed by atoms with Crippen LogP contribution in [-0.2, 0) is 0 Å². The van der Waals surface area contributed by atoms with Gasteiger partial charge >= 0.3 is 0 Å². The van der Waals surface area contributed by atoms with E-state index in [1.165, 1.54) is 5.56 Å². The van der Waals surface area contributed by atoms with Gasteiger partial charge in [-0.1, -0.05) is 13.8 Å². The summed E-state index contributed by atoms with van der Waals surface area (Å²) in [4.78, 5) is 0. The summed E-state index contributed by atoms with van der Waals surface area (Å²) in [5.41, 5.74) is 1.22. The molecule has 0 saturated carbocycles. The summed E-state index contributed by atoms with van der Waals surface area (Å²) in [7, 11) is 0. The summed E-state index contributed by atoms with van der Waals surface area (Å²) >= 11 is 0. The molecule has 1 heteroatoms. The molecule has 0 bridgehead atoms. The van der Waals surface area contributed by atoms with Gasteiger partial charge in [0.05, 0.1) is 6.26 Å². The minimum Gasteiger partial charge on any atom is -0.469 e. The van der Waals surface area contributed by atoms with Crippen molar-refractivity contribution in [3.8, 4) is 0 Å². The Morgan fingerprint density at radius 2 is 1.78 bits per heavy atom. The van der Waals surface area contributed by atoms with Crippen LogP contribution >= 0.6 is 0 Å². The number of rotatable bonds is 0. The second-order valence-electron chi connectivity index (χ2n) is 1.66. The van der Waals surface area contributed by atoms with E-state index in [0.717, 1.165) is 5.76 Å². The first-order valence-corrected chi connectivity index (χ1v) is 3.31. The molecule has 0 saturated heterocycles. The highest BCUT2D eigenvalue weighted by Gasteiger charge is 1.88. The molecule has 0 N–H and O–H groups in total. The van der Waals surface area contributed by atoms with Crippen molar-refractivity contribution in [2.75, 3.05) is 0 Å². The normalized spacial score (nSPS) is 8.00. The molecule has 0 aliphatic heterocycles. The van der Waals surface area contributed by atoms with Crippen molar-refractivity contribution in [2.24, 2.45) is 0 Å². The molecule has 0 aliphatic rings. The quantitative estimate of drug-likeness (QED) is 0.521. The van der Waals surface area contributed by atoms with Gasteiger partial charge < -0.3 is 4.42 Å². The van der Waals surface area contributed by atoms with Crippen LogP contribution in [0.2, 0.25) is 0 Å². The van der Waals surface area contributed by atoms with Crippen LogP contribution in [0.1, 0.15) is 25.2 Å². The summed E-state index contributed by atoms with van der Waals surface area (Å²) in [6, 6.07) is 1.95. The van der Waals surface area contributed by atoms with Crippen LogP contribution in [-0.4, -0.2) is 0 Å². The molecule has 0 aliphatic carbocycles. The lowest BCUT2D eigenvalue weighted by Gasteiger charge is -1.79. The van der Waals surface area contributed by atoms with E-state index >= 15 is 0 Å². The molecule has 0 spiro atoms. The van der Waals surface area contributed by atoms with E-state index in [-0.39, 0.29) is 0 Å². The highest BCUT2D eigenvalue weighted by molar-refractivity contribution is 5.11. The second kappa shape index (κ2) is 4.19. The van der Waals surface area contributed by atoms with Crippen LogP contribution in [0.4, 0.5) is 0 Å². The van der Waals surface area contributed by atoms with E-state index in [1.807, 2.05) is 33.8 Å². The summed E-state index contributed by atoms with van der Waals surface area (Å²) in [5, 5.41) is 0. The van der Waals surface area contributed by atoms with E-state index in [4.69, 9.17) is 4.42 Å². The Morgan fingerprint density at radius 3 is 1.89 bits per heavy atom. The van der Waals surface area contributed by atoms with Gasteiger partial charge in [0.2, 0.25) is 0 Å².